The minimum atomic E-state index is -0.479. The van der Waals surface area contributed by atoms with E-state index in [2.05, 4.69) is 22.5 Å². The Morgan fingerprint density at radius 1 is 1.50 bits per heavy atom. The van der Waals surface area contributed by atoms with Crippen molar-refractivity contribution in [3.05, 3.63) is 11.1 Å². The predicted octanol–water partition coefficient (Wildman–Crippen LogP) is 2.38. The molecule has 1 unspecified atom stereocenters. The van der Waals surface area contributed by atoms with E-state index in [1.165, 1.54) is 16.2 Å². The lowest BCUT2D eigenvalue weighted by Crippen LogP contribution is -2.35. The van der Waals surface area contributed by atoms with E-state index in [9.17, 15) is 9.90 Å². The summed E-state index contributed by atoms with van der Waals surface area (Å²) < 4.78 is 0. The molecule has 0 aliphatic carbocycles. The van der Waals surface area contributed by atoms with E-state index in [0.717, 1.165) is 19.3 Å². The van der Waals surface area contributed by atoms with Gasteiger partial charge in [-0.1, -0.05) is 26.7 Å². The molecule has 0 bridgehead atoms. The molecule has 3 N–H and O–H groups in total. The second-order valence-corrected chi connectivity index (χ2v) is 5.27. The standard InChI is InChI=1S/C12H21N3O2S/c1-3-5-9(16)7-13-11(17)15-12-14-8-10(18-12)6-4-2/h8-9,16H,3-7H2,1-2H3,(H2,13,14,15,17). The van der Waals surface area contributed by atoms with Crippen molar-refractivity contribution < 1.29 is 9.90 Å². The van der Waals surface area contributed by atoms with Crippen molar-refractivity contribution in [1.82, 2.24) is 10.3 Å². The van der Waals surface area contributed by atoms with Gasteiger partial charge in [-0.3, -0.25) is 5.32 Å². The Kier molecular flexibility index (Phi) is 6.67. The van der Waals surface area contributed by atoms with Crippen molar-refractivity contribution in [2.75, 3.05) is 11.9 Å². The molecule has 5 nitrogen and oxygen atoms in total. The van der Waals surface area contributed by atoms with Gasteiger partial charge in [-0.2, -0.15) is 0 Å². The number of carbonyl (C=O) groups excluding carboxylic acids is 1. The molecule has 0 radical (unpaired) electrons. The zero-order chi connectivity index (χ0) is 13.4. The minimum absolute atomic E-state index is 0.271. The molecule has 102 valence electrons. The number of aliphatic hydroxyl groups is 1. The normalized spacial score (nSPS) is 12.2. The second-order valence-electron chi connectivity index (χ2n) is 4.16. The molecule has 1 rings (SSSR count). The first-order valence-electron chi connectivity index (χ1n) is 6.33. The lowest BCUT2D eigenvalue weighted by molar-refractivity contribution is 0.162. The molecule has 2 amide bonds. The third-order valence-corrected chi connectivity index (χ3v) is 3.36. The Hall–Kier alpha value is -1.14. The SMILES string of the molecule is CCCc1cnc(NC(=O)NCC(O)CCC)s1. The van der Waals surface area contributed by atoms with Crippen LogP contribution < -0.4 is 10.6 Å². The third kappa shape index (κ3) is 5.46. The van der Waals surface area contributed by atoms with Gasteiger partial charge in [0.05, 0.1) is 6.10 Å². The molecular formula is C12H21N3O2S. The fourth-order valence-electron chi connectivity index (χ4n) is 1.51. The van der Waals surface area contributed by atoms with E-state index in [-0.39, 0.29) is 12.6 Å². The Morgan fingerprint density at radius 3 is 2.94 bits per heavy atom. The Balaban J connectivity index is 2.30. The molecule has 1 aromatic heterocycles. The Bertz CT molecular complexity index is 368. The van der Waals surface area contributed by atoms with Gasteiger partial charge in [0.1, 0.15) is 0 Å². The highest BCUT2D eigenvalue weighted by molar-refractivity contribution is 7.15. The number of carbonyl (C=O) groups is 1. The molecular weight excluding hydrogens is 250 g/mol. The average Bonchev–Trinajstić information content (AvgIpc) is 2.75. The van der Waals surface area contributed by atoms with E-state index in [1.807, 2.05) is 6.92 Å². The minimum Gasteiger partial charge on any atom is -0.391 e. The first-order valence-corrected chi connectivity index (χ1v) is 7.15. The first-order chi connectivity index (χ1) is 8.65. The summed E-state index contributed by atoms with van der Waals surface area (Å²) in [4.78, 5) is 16.8. The predicted molar refractivity (Wildman–Crippen MR) is 74.0 cm³/mol. The fourth-order valence-corrected chi connectivity index (χ4v) is 2.42. The highest BCUT2D eigenvalue weighted by Gasteiger charge is 2.08. The van der Waals surface area contributed by atoms with Gasteiger partial charge in [-0.05, 0) is 12.8 Å². The monoisotopic (exact) mass is 271 g/mol. The summed E-state index contributed by atoms with van der Waals surface area (Å²) in [6.07, 6.45) is 4.95. The third-order valence-electron chi connectivity index (χ3n) is 2.39. The van der Waals surface area contributed by atoms with Crippen LogP contribution in [-0.2, 0) is 6.42 Å². The highest BCUT2D eigenvalue weighted by atomic mass is 32.1. The largest absolute Gasteiger partial charge is 0.391 e. The molecule has 6 heteroatoms. The van der Waals surface area contributed by atoms with E-state index in [1.54, 1.807) is 6.20 Å². The Labute approximate surface area is 112 Å². The molecule has 0 fully saturated rings. The molecule has 1 heterocycles. The molecule has 0 aliphatic rings. The molecule has 0 aliphatic heterocycles. The summed E-state index contributed by atoms with van der Waals surface area (Å²) in [5, 5.41) is 15.4. The quantitative estimate of drug-likeness (QED) is 0.713. The number of nitrogens with one attached hydrogen (secondary N) is 2. The van der Waals surface area contributed by atoms with Crippen LogP contribution >= 0.6 is 11.3 Å². The van der Waals surface area contributed by atoms with Crippen LogP contribution in [0.4, 0.5) is 9.93 Å². The molecule has 1 atom stereocenters. The molecule has 0 saturated heterocycles. The van der Waals surface area contributed by atoms with Gasteiger partial charge >= 0.3 is 6.03 Å². The van der Waals surface area contributed by atoms with Crippen LogP contribution in [0, 0.1) is 0 Å². The number of hydrogen-bond donors (Lipinski definition) is 3. The number of nitrogens with zero attached hydrogens (tertiary/aromatic N) is 1. The molecule has 0 saturated carbocycles. The zero-order valence-electron chi connectivity index (χ0n) is 10.9. The average molecular weight is 271 g/mol. The van der Waals surface area contributed by atoms with Gasteiger partial charge in [-0.25, -0.2) is 9.78 Å². The van der Waals surface area contributed by atoms with Gasteiger partial charge < -0.3 is 10.4 Å². The summed E-state index contributed by atoms with van der Waals surface area (Å²) >= 11 is 1.48. The highest BCUT2D eigenvalue weighted by Crippen LogP contribution is 2.18. The number of aryl methyl sites for hydroxylation is 1. The number of aromatic nitrogens is 1. The summed E-state index contributed by atoms with van der Waals surface area (Å²) in [5.74, 6) is 0. The van der Waals surface area contributed by atoms with Gasteiger partial charge in [0.15, 0.2) is 5.13 Å². The van der Waals surface area contributed by atoms with Crippen molar-refractivity contribution in [3.8, 4) is 0 Å². The van der Waals surface area contributed by atoms with Crippen LogP contribution in [0.1, 0.15) is 38.0 Å². The summed E-state index contributed by atoms with van der Waals surface area (Å²) in [5.41, 5.74) is 0. The smallest absolute Gasteiger partial charge is 0.321 e. The number of amides is 2. The van der Waals surface area contributed by atoms with Gasteiger partial charge in [-0.15, -0.1) is 11.3 Å². The lowest BCUT2D eigenvalue weighted by Gasteiger charge is -2.10. The van der Waals surface area contributed by atoms with Gasteiger partial charge in [0.2, 0.25) is 0 Å². The van der Waals surface area contributed by atoms with Gasteiger partial charge in [0.25, 0.3) is 0 Å². The van der Waals surface area contributed by atoms with Gasteiger partial charge in [0, 0.05) is 17.6 Å². The maximum atomic E-state index is 11.5. The van der Waals surface area contributed by atoms with E-state index >= 15 is 0 Å². The van der Waals surface area contributed by atoms with Crippen molar-refractivity contribution in [2.24, 2.45) is 0 Å². The number of urea groups is 1. The summed E-state index contributed by atoms with van der Waals surface area (Å²) in [6.45, 7) is 4.37. The number of anilines is 1. The lowest BCUT2D eigenvalue weighted by atomic mass is 10.2. The van der Waals surface area contributed by atoms with Crippen LogP contribution in [0.3, 0.4) is 0 Å². The van der Waals surface area contributed by atoms with Crippen LogP contribution in [-0.4, -0.2) is 28.8 Å². The maximum absolute atomic E-state index is 11.5. The van der Waals surface area contributed by atoms with Crippen LogP contribution in [0.2, 0.25) is 0 Å². The van der Waals surface area contributed by atoms with Crippen LogP contribution in [0.5, 0.6) is 0 Å². The number of thiazole rings is 1. The van der Waals surface area contributed by atoms with Crippen LogP contribution in [0.15, 0.2) is 6.20 Å². The fraction of sp³-hybridized carbons (Fsp3) is 0.667. The van der Waals surface area contributed by atoms with Crippen molar-refractivity contribution in [3.63, 3.8) is 0 Å². The summed E-state index contributed by atoms with van der Waals surface area (Å²) in [7, 11) is 0. The Morgan fingerprint density at radius 2 is 2.28 bits per heavy atom. The number of hydrogen-bond acceptors (Lipinski definition) is 4. The van der Waals surface area contributed by atoms with Crippen LogP contribution in [0.25, 0.3) is 0 Å². The topological polar surface area (TPSA) is 74.2 Å². The second kappa shape index (κ2) is 8.05. The van der Waals surface area contributed by atoms with Crippen molar-refractivity contribution in [1.29, 1.82) is 0 Å². The zero-order valence-corrected chi connectivity index (χ0v) is 11.7. The van der Waals surface area contributed by atoms with E-state index in [4.69, 9.17) is 0 Å². The molecule has 0 spiro atoms. The van der Waals surface area contributed by atoms with Crippen molar-refractivity contribution in [2.45, 2.75) is 45.6 Å². The van der Waals surface area contributed by atoms with Crippen molar-refractivity contribution >= 4 is 22.5 Å². The maximum Gasteiger partial charge on any atom is 0.321 e. The molecule has 0 aromatic carbocycles. The molecule has 1 aromatic rings. The summed E-state index contributed by atoms with van der Waals surface area (Å²) in [6, 6.07) is -0.317. The molecule has 18 heavy (non-hydrogen) atoms. The van der Waals surface area contributed by atoms with E-state index in [0.29, 0.717) is 11.6 Å². The number of rotatable bonds is 7. The van der Waals surface area contributed by atoms with E-state index < -0.39 is 6.10 Å². The number of aliphatic hydroxyl groups excluding tert-OH is 1. The first kappa shape index (κ1) is 14.9.